The van der Waals surface area contributed by atoms with Gasteiger partial charge in [-0.15, -0.1) is 0 Å². The van der Waals surface area contributed by atoms with Crippen LogP contribution in [-0.4, -0.2) is 42.7 Å². The van der Waals surface area contributed by atoms with Crippen LogP contribution in [0.25, 0.3) is 10.9 Å². The highest BCUT2D eigenvalue weighted by Crippen LogP contribution is 2.22. The number of aromatic nitrogens is 2. The van der Waals surface area contributed by atoms with Crippen LogP contribution < -0.4 is 15.0 Å². The summed E-state index contributed by atoms with van der Waals surface area (Å²) in [6.45, 7) is 2.90. The largest absolute Gasteiger partial charge is 0.497 e. The van der Waals surface area contributed by atoms with E-state index >= 15 is 0 Å². The van der Waals surface area contributed by atoms with Crippen LogP contribution in [0.3, 0.4) is 0 Å². The average Bonchev–Trinajstić information content (AvgIpc) is 2.72. The summed E-state index contributed by atoms with van der Waals surface area (Å²) in [5.74, 6) is 2.23. The molecule has 148 valence electrons. The quantitative estimate of drug-likeness (QED) is 0.309. The monoisotopic (exact) mass is 400 g/mol. The van der Waals surface area contributed by atoms with E-state index in [0.29, 0.717) is 35.0 Å². The van der Waals surface area contributed by atoms with E-state index in [1.807, 2.05) is 55.5 Å². The van der Waals surface area contributed by atoms with Gasteiger partial charge >= 0.3 is 0 Å². The fourth-order valence-electron chi connectivity index (χ4n) is 2.90. The lowest BCUT2D eigenvalue weighted by Crippen LogP contribution is -2.28. The molecule has 1 atom stereocenters. The molecule has 7 heteroatoms. The molecule has 1 heterocycles. The van der Waals surface area contributed by atoms with Crippen molar-refractivity contribution in [2.45, 2.75) is 18.1 Å². The third-order valence-electron chi connectivity index (χ3n) is 4.27. The molecule has 0 amide bonds. The zero-order valence-electron chi connectivity index (χ0n) is 16.3. The molecule has 0 aliphatic rings. The van der Waals surface area contributed by atoms with Gasteiger partial charge in [-0.2, -0.15) is 0 Å². The van der Waals surface area contributed by atoms with E-state index in [0.717, 1.165) is 11.5 Å². The number of para-hydroxylation sites is 1. The second kappa shape index (κ2) is 9.61. The molecule has 0 saturated heterocycles. The van der Waals surface area contributed by atoms with E-state index in [9.17, 15) is 4.79 Å². The van der Waals surface area contributed by atoms with Crippen molar-refractivity contribution in [3.05, 3.63) is 58.9 Å². The fraction of sp³-hybridized carbons (Fsp3) is 0.333. The Morgan fingerprint density at radius 1 is 1.07 bits per heavy atom. The van der Waals surface area contributed by atoms with Gasteiger partial charge in [-0.25, -0.2) is 4.98 Å². The molecule has 0 bridgehead atoms. The van der Waals surface area contributed by atoms with Gasteiger partial charge < -0.3 is 14.2 Å². The van der Waals surface area contributed by atoms with Crippen molar-refractivity contribution in [3.63, 3.8) is 0 Å². The molecule has 0 saturated carbocycles. The number of methoxy groups -OCH3 is 2. The van der Waals surface area contributed by atoms with Crippen molar-refractivity contribution in [2.24, 2.45) is 0 Å². The smallest absolute Gasteiger partial charge is 0.262 e. The van der Waals surface area contributed by atoms with Crippen molar-refractivity contribution in [1.82, 2.24) is 9.55 Å². The third kappa shape index (κ3) is 4.66. The third-order valence-corrected chi connectivity index (χ3v) is 5.18. The van der Waals surface area contributed by atoms with Gasteiger partial charge in [0.1, 0.15) is 11.5 Å². The van der Waals surface area contributed by atoms with Crippen LogP contribution in [0.1, 0.15) is 13.0 Å². The van der Waals surface area contributed by atoms with E-state index in [-0.39, 0.29) is 11.6 Å². The Labute approximate surface area is 168 Å². The molecule has 28 heavy (non-hydrogen) atoms. The number of benzene rings is 2. The summed E-state index contributed by atoms with van der Waals surface area (Å²) in [6.07, 6.45) is 0. The van der Waals surface area contributed by atoms with Gasteiger partial charge in [0.15, 0.2) is 5.16 Å². The number of ether oxygens (including phenoxy) is 3. The number of hydrogen-bond acceptors (Lipinski definition) is 6. The maximum atomic E-state index is 13.0. The van der Waals surface area contributed by atoms with Gasteiger partial charge in [0.25, 0.3) is 5.56 Å². The number of fused-ring (bicyclic) bond motifs is 1. The molecule has 0 fully saturated rings. The second-order valence-electron chi connectivity index (χ2n) is 6.26. The van der Waals surface area contributed by atoms with Gasteiger partial charge in [-0.05, 0) is 43.3 Å². The minimum Gasteiger partial charge on any atom is -0.497 e. The normalized spacial score (nSPS) is 12.1. The van der Waals surface area contributed by atoms with Crippen LogP contribution in [0.4, 0.5) is 0 Å². The van der Waals surface area contributed by atoms with E-state index in [1.165, 1.54) is 11.8 Å². The lowest BCUT2D eigenvalue weighted by atomic mass is 10.2. The molecular weight excluding hydrogens is 376 g/mol. The molecule has 2 aromatic carbocycles. The lowest BCUT2D eigenvalue weighted by molar-refractivity contribution is 0.156. The Hall–Kier alpha value is -2.51. The van der Waals surface area contributed by atoms with Crippen LogP contribution in [0.5, 0.6) is 11.5 Å². The molecule has 1 aromatic heterocycles. The minimum absolute atomic E-state index is 0.0475. The van der Waals surface area contributed by atoms with Gasteiger partial charge in [0.05, 0.1) is 37.3 Å². The highest BCUT2D eigenvalue weighted by Gasteiger charge is 2.16. The van der Waals surface area contributed by atoms with Crippen LogP contribution >= 0.6 is 11.8 Å². The highest BCUT2D eigenvalue weighted by molar-refractivity contribution is 7.99. The fourth-order valence-corrected chi connectivity index (χ4v) is 3.81. The first-order valence-corrected chi connectivity index (χ1v) is 10.0. The molecule has 0 N–H and O–H groups in total. The van der Waals surface area contributed by atoms with Gasteiger partial charge in [0.2, 0.25) is 0 Å². The van der Waals surface area contributed by atoms with Gasteiger partial charge in [-0.3, -0.25) is 9.36 Å². The summed E-state index contributed by atoms with van der Waals surface area (Å²) in [5, 5.41) is 1.29. The van der Waals surface area contributed by atoms with Crippen LogP contribution in [0.15, 0.2) is 58.5 Å². The van der Waals surface area contributed by atoms with Gasteiger partial charge in [-0.1, -0.05) is 23.9 Å². The van der Waals surface area contributed by atoms with E-state index in [2.05, 4.69) is 0 Å². The Bertz CT molecular complexity index is 972. The lowest BCUT2D eigenvalue weighted by Gasteiger charge is -2.19. The van der Waals surface area contributed by atoms with Crippen molar-refractivity contribution >= 4 is 22.7 Å². The summed E-state index contributed by atoms with van der Waals surface area (Å²) in [6, 6.07) is 14.8. The Morgan fingerprint density at radius 2 is 1.79 bits per heavy atom. The first-order valence-electron chi connectivity index (χ1n) is 9.04. The molecule has 3 aromatic rings. The number of nitrogens with zero attached hydrogens (tertiary/aromatic N) is 2. The number of hydrogen-bond donors (Lipinski definition) is 0. The van der Waals surface area contributed by atoms with Crippen molar-refractivity contribution in [1.29, 1.82) is 0 Å². The first kappa shape index (κ1) is 20.2. The van der Waals surface area contributed by atoms with Crippen LogP contribution in [0, 0.1) is 0 Å². The Kier molecular flexibility index (Phi) is 6.95. The maximum absolute atomic E-state index is 13.0. The predicted octanol–water partition coefficient (Wildman–Crippen LogP) is 3.78. The standard InChI is InChI=1S/C21H24N2O4S/c1-15(14-25-2)23-20(24)18-6-4-5-7-19(18)22-21(23)28-13-12-27-17-10-8-16(26-3)9-11-17/h4-11,15H,12-14H2,1-3H3. The Balaban J connectivity index is 1.75. The summed E-state index contributed by atoms with van der Waals surface area (Å²) in [7, 11) is 3.26. The summed E-state index contributed by atoms with van der Waals surface area (Å²) in [5.41, 5.74) is 0.653. The molecule has 0 aliphatic carbocycles. The minimum atomic E-state index is -0.111. The second-order valence-corrected chi connectivity index (χ2v) is 7.33. The van der Waals surface area contributed by atoms with E-state index in [4.69, 9.17) is 19.2 Å². The summed E-state index contributed by atoms with van der Waals surface area (Å²) in [4.78, 5) is 17.7. The molecular formula is C21H24N2O4S. The molecule has 0 spiro atoms. The molecule has 3 rings (SSSR count). The molecule has 0 aliphatic heterocycles. The van der Waals surface area contributed by atoms with E-state index in [1.54, 1.807) is 18.8 Å². The SMILES string of the molecule is COCC(C)n1c(SCCOc2ccc(OC)cc2)nc2ccccc2c1=O. The zero-order chi connectivity index (χ0) is 19.9. The summed E-state index contributed by atoms with van der Waals surface area (Å²) < 4.78 is 17.9. The number of rotatable bonds is 9. The average molecular weight is 401 g/mol. The first-order chi connectivity index (χ1) is 13.6. The van der Waals surface area contributed by atoms with Crippen molar-refractivity contribution < 1.29 is 14.2 Å². The molecule has 0 radical (unpaired) electrons. The topological polar surface area (TPSA) is 62.6 Å². The van der Waals surface area contributed by atoms with E-state index < -0.39 is 0 Å². The Morgan fingerprint density at radius 3 is 2.50 bits per heavy atom. The highest BCUT2D eigenvalue weighted by atomic mass is 32.2. The summed E-state index contributed by atoms with van der Waals surface area (Å²) >= 11 is 1.50. The zero-order valence-corrected chi connectivity index (χ0v) is 17.1. The van der Waals surface area contributed by atoms with Crippen molar-refractivity contribution in [2.75, 3.05) is 33.2 Å². The van der Waals surface area contributed by atoms with Crippen LogP contribution in [-0.2, 0) is 4.74 Å². The molecule has 1 unspecified atom stereocenters. The number of thioether (sulfide) groups is 1. The van der Waals surface area contributed by atoms with Crippen molar-refractivity contribution in [3.8, 4) is 11.5 Å². The van der Waals surface area contributed by atoms with Gasteiger partial charge in [0, 0.05) is 12.9 Å². The predicted molar refractivity (Wildman–Crippen MR) is 112 cm³/mol. The maximum Gasteiger partial charge on any atom is 0.262 e. The van der Waals surface area contributed by atoms with Crippen LogP contribution in [0.2, 0.25) is 0 Å². The molecule has 6 nitrogen and oxygen atoms in total.